The van der Waals surface area contributed by atoms with Gasteiger partial charge < -0.3 is 55.8 Å². The van der Waals surface area contributed by atoms with Gasteiger partial charge in [0.05, 0.1) is 40.4 Å². The van der Waals surface area contributed by atoms with Gasteiger partial charge in [0, 0.05) is 68.5 Å². The Kier molecular flexibility index (Phi) is 20.3. The van der Waals surface area contributed by atoms with Gasteiger partial charge in [0.25, 0.3) is 5.91 Å². The lowest BCUT2D eigenvalue weighted by Crippen LogP contribution is -2.58. The zero-order valence-electron chi connectivity index (χ0n) is 45.9. The molecule has 3 aromatic heterocycles. The molecule has 19 nitrogen and oxygen atoms in total. The van der Waals surface area contributed by atoms with Crippen LogP contribution in [0.2, 0.25) is 0 Å². The highest BCUT2D eigenvalue weighted by molar-refractivity contribution is 7.13. The smallest absolute Gasteiger partial charge is 0.251 e. The molecular formula is C59H75N11O8S. The van der Waals surface area contributed by atoms with Crippen LogP contribution >= 0.6 is 11.3 Å². The molecule has 0 aliphatic carbocycles. The number of hydrogen-bond acceptors (Lipinski definition) is 15. The summed E-state index contributed by atoms with van der Waals surface area (Å²) in [6, 6.07) is 25.0. The van der Waals surface area contributed by atoms with Gasteiger partial charge in [-0.3, -0.25) is 24.2 Å². The van der Waals surface area contributed by atoms with Crippen molar-refractivity contribution in [3.05, 3.63) is 131 Å². The number of pyridine rings is 1. The molecule has 2 fully saturated rings. The molecule has 2 aliphatic heterocycles. The van der Waals surface area contributed by atoms with E-state index in [1.165, 1.54) is 4.90 Å². The Hall–Kier alpha value is -7.10. The number of piperidine rings is 1. The highest BCUT2D eigenvalue weighted by Crippen LogP contribution is 2.35. The predicted molar refractivity (Wildman–Crippen MR) is 303 cm³/mol. The summed E-state index contributed by atoms with van der Waals surface area (Å²) in [5.41, 5.74) is 6.79. The summed E-state index contributed by atoms with van der Waals surface area (Å²) in [6.07, 6.45) is 7.53. The number of anilines is 1. The molecule has 0 saturated carbocycles. The van der Waals surface area contributed by atoms with E-state index in [9.17, 15) is 24.3 Å². The van der Waals surface area contributed by atoms with Crippen molar-refractivity contribution in [1.29, 1.82) is 0 Å². The SMILES string of the molecule is Cc1ncsc1-c1ccc(CNC(=O)[C@@H]2C[C@@H](O)CN2C(=O)[C@@H](NC(=O)COCCCOCCCCCOc2ccc([C@H](C)NC(=O)c3cccc(NC4(c5nnc(-c6ccncc6)[nH]5)CCNCC4)c3)cc2)C(C)(C)C)cc1. The average Bonchev–Trinajstić information content (AvgIpc) is 4.42. The number of aliphatic hydroxyl groups excluding tert-OH is 1. The number of aryl methyl sites for hydroxylation is 1. The number of aliphatic hydroxyl groups is 1. The van der Waals surface area contributed by atoms with Gasteiger partial charge in [-0.2, -0.15) is 0 Å². The lowest BCUT2D eigenvalue weighted by molar-refractivity contribution is -0.144. The molecule has 7 N–H and O–H groups in total. The number of β-amino-alcohol motifs (C(OH)–C–C–N with tert-alkyl or cyclic N) is 1. The number of carbonyl (C=O) groups is 4. The summed E-state index contributed by atoms with van der Waals surface area (Å²) in [7, 11) is 0. The van der Waals surface area contributed by atoms with Crippen LogP contribution in [0.5, 0.6) is 5.75 Å². The molecule has 420 valence electrons. The van der Waals surface area contributed by atoms with Crippen molar-refractivity contribution in [3.8, 4) is 27.6 Å². The first-order valence-electron chi connectivity index (χ1n) is 27.3. The number of likely N-dealkylation sites (tertiary alicyclic amines) is 1. The predicted octanol–water partition coefficient (Wildman–Crippen LogP) is 7.26. The molecular weight excluding hydrogens is 1020 g/mol. The van der Waals surface area contributed by atoms with E-state index in [0.717, 1.165) is 95.3 Å². The van der Waals surface area contributed by atoms with Crippen LogP contribution in [0.4, 0.5) is 5.69 Å². The Morgan fingerprint density at radius 2 is 1.59 bits per heavy atom. The van der Waals surface area contributed by atoms with E-state index in [4.69, 9.17) is 14.2 Å². The summed E-state index contributed by atoms with van der Waals surface area (Å²) in [5.74, 6) is 0.782. The molecule has 4 atom stereocenters. The molecule has 5 heterocycles. The van der Waals surface area contributed by atoms with Crippen LogP contribution < -0.4 is 31.3 Å². The maximum atomic E-state index is 14.0. The molecule has 0 unspecified atom stereocenters. The second-order valence-corrected chi connectivity index (χ2v) is 22.3. The van der Waals surface area contributed by atoms with Gasteiger partial charge >= 0.3 is 0 Å². The molecule has 0 radical (unpaired) electrons. The van der Waals surface area contributed by atoms with Gasteiger partial charge in [-0.15, -0.1) is 21.5 Å². The van der Waals surface area contributed by atoms with E-state index in [1.54, 1.807) is 23.7 Å². The van der Waals surface area contributed by atoms with Gasteiger partial charge in [-0.25, -0.2) is 4.98 Å². The lowest BCUT2D eigenvalue weighted by Gasteiger charge is -2.37. The standard InChI is InChI=1S/C59H75N11O8S/c1-39(64-54(73)45-11-9-12-46(33-45)67-59(23-27-61-28-24-59)57-66-53(68-69-57)44-21-25-60-26-22-44)42-17-19-48(20-18-42)78-32-8-6-7-29-76-30-10-31-77-37-50(72)65-52(58(3,4)5)56(75)70-36-47(71)34-49(70)55(74)62-35-41-13-15-43(16-14-41)51-40(2)63-38-79-51/h9,11-22,25-26,33,38-39,47,49,52,61,67,71H,6-8,10,23-24,27-32,34-37H2,1-5H3,(H,62,74)(H,64,73)(H,65,72)(H,66,68,69)/t39-,47+,49-,52+/m0/s1. The number of rotatable bonds is 26. The number of aromatic amines is 1. The first-order chi connectivity index (χ1) is 38.2. The fourth-order valence-electron chi connectivity index (χ4n) is 9.81. The molecule has 3 aromatic carbocycles. The van der Waals surface area contributed by atoms with E-state index in [-0.39, 0.29) is 44.0 Å². The average molecular weight is 1100 g/mol. The quantitative estimate of drug-likeness (QED) is 0.0264. The van der Waals surface area contributed by atoms with Gasteiger partial charge in [-0.05, 0) is 130 Å². The third-order valence-corrected chi connectivity index (χ3v) is 15.3. The first kappa shape index (κ1) is 58.1. The Labute approximate surface area is 466 Å². The van der Waals surface area contributed by atoms with Gasteiger partial charge in [0.1, 0.15) is 24.4 Å². The monoisotopic (exact) mass is 1100 g/mol. The Bertz CT molecular complexity index is 2920. The molecule has 8 rings (SSSR count). The Morgan fingerprint density at radius 1 is 0.861 bits per heavy atom. The number of unbranched alkanes of at least 4 members (excludes halogenated alkanes) is 2. The molecule has 4 amide bonds. The third-order valence-electron chi connectivity index (χ3n) is 14.3. The second-order valence-electron chi connectivity index (χ2n) is 21.4. The zero-order valence-corrected chi connectivity index (χ0v) is 46.7. The minimum atomic E-state index is -0.948. The summed E-state index contributed by atoms with van der Waals surface area (Å²) in [6.45, 7) is 13.0. The summed E-state index contributed by atoms with van der Waals surface area (Å²) < 4.78 is 17.4. The third kappa shape index (κ3) is 16.0. The molecule has 0 spiro atoms. The summed E-state index contributed by atoms with van der Waals surface area (Å²) in [4.78, 5) is 68.4. The first-order valence-corrected chi connectivity index (χ1v) is 28.2. The maximum absolute atomic E-state index is 14.0. The van der Waals surface area contributed by atoms with E-state index >= 15 is 0 Å². The fraction of sp³-hybridized carbons (Fsp3) is 0.458. The van der Waals surface area contributed by atoms with Crippen molar-refractivity contribution in [2.45, 2.75) is 116 Å². The van der Waals surface area contributed by atoms with Crippen molar-refractivity contribution in [3.63, 3.8) is 0 Å². The normalized spacial score (nSPS) is 16.9. The van der Waals surface area contributed by atoms with Crippen molar-refractivity contribution in [1.82, 2.24) is 51.3 Å². The number of nitrogens with one attached hydrogen (secondary N) is 6. The van der Waals surface area contributed by atoms with Crippen LogP contribution in [0.25, 0.3) is 21.8 Å². The number of H-pyrrole nitrogens is 1. The maximum Gasteiger partial charge on any atom is 0.251 e. The van der Waals surface area contributed by atoms with E-state index in [1.807, 2.05) is 125 Å². The number of benzene rings is 3. The van der Waals surface area contributed by atoms with Crippen LogP contribution in [0.3, 0.4) is 0 Å². The van der Waals surface area contributed by atoms with Gasteiger partial charge in [-0.1, -0.05) is 63.2 Å². The van der Waals surface area contributed by atoms with Gasteiger partial charge in [0.15, 0.2) is 11.6 Å². The molecule has 20 heteroatoms. The number of ether oxygens (including phenoxy) is 3. The van der Waals surface area contributed by atoms with Crippen LogP contribution in [0.15, 0.2) is 103 Å². The van der Waals surface area contributed by atoms with Crippen LogP contribution in [-0.4, -0.2) is 130 Å². The number of nitrogens with zero attached hydrogens (tertiary/aromatic N) is 5. The molecule has 79 heavy (non-hydrogen) atoms. The lowest BCUT2D eigenvalue weighted by atomic mass is 9.85. The number of thiazole rings is 1. The molecule has 2 aliphatic rings. The van der Waals surface area contributed by atoms with E-state index < -0.39 is 41.0 Å². The van der Waals surface area contributed by atoms with Gasteiger partial charge in [0.2, 0.25) is 17.7 Å². The minimum Gasteiger partial charge on any atom is -0.494 e. The molecule has 6 aromatic rings. The van der Waals surface area contributed by atoms with Crippen molar-refractivity contribution in [2.24, 2.45) is 5.41 Å². The van der Waals surface area contributed by atoms with Crippen molar-refractivity contribution >= 4 is 40.7 Å². The van der Waals surface area contributed by atoms with Crippen molar-refractivity contribution < 1.29 is 38.5 Å². The Balaban J connectivity index is 0.677. The second kappa shape index (κ2) is 27.7. The fourth-order valence-corrected chi connectivity index (χ4v) is 10.6. The van der Waals surface area contributed by atoms with Crippen molar-refractivity contribution in [2.75, 3.05) is 58.0 Å². The van der Waals surface area contributed by atoms with Crippen LogP contribution in [0.1, 0.15) is 112 Å². The highest BCUT2D eigenvalue weighted by Gasteiger charge is 2.44. The Morgan fingerprint density at radius 3 is 2.33 bits per heavy atom. The van der Waals surface area contributed by atoms with Crippen LogP contribution in [0, 0.1) is 12.3 Å². The summed E-state index contributed by atoms with van der Waals surface area (Å²) in [5, 5.41) is 35.6. The number of aromatic nitrogens is 5. The van der Waals surface area contributed by atoms with Crippen LogP contribution in [-0.2, 0) is 35.9 Å². The van der Waals surface area contributed by atoms with E-state index in [2.05, 4.69) is 51.7 Å². The number of hydrogen-bond donors (Lipinski definition) is 7. The highest BCUT2D eigenvalue weighted by atomic mass is 32.1. The van der Waals surface area contributed by atoms with E-state index in [0.29, 0.717) is 44.2 Å². The number of carbonyl (C=O) groups excluding carboxylic acids is 4. The number of amides is 4. The summed E-state index contributed by atoms with van der Waals surface area (Å²) >= 11 is 1.57. The topological polar surface area (TPSA) is 247 Å². The molecule has 2 saturated heterocycles. The minimum absolute atomic E-state index is 0.00775. The largest absolute Gasteiger partial charge is 0.494 e. The zero-order chi connectivity index (χ0) is 55.8. The molecule has 0 bridgehead atoms.